The molecular weight excluding hydrogens is 246 g/mol. The third-order valence-corrected chi connectivity index (χ3v) is 2.85. The van der Waals surface area contributed by atoms with E-state index in [1.54, 1.807) is 31.2 Å². The van der Waals surface area contributed by atoms with Gasteiger partial charge in [-0.1, -0.05) is 12.1 Å². The Morgan fingerprint density at radius 1 is 1.21 bits per heavy atom. The molecule has 19 heavy (non-hydrogen) atoms. The van der Waals surface area contributed by atoms with E-state index in [1.807, 2.05) is 0 Å². The van der Waals surface area contributed by atoms with Crippen molar-refractivity contribution in [3.63, 3.8) is 0 Å². The average Bonchev–Trinajstić information content (AvgIpc) is 2.64. The first kappa shape index (κ1) is 13.0. The number of hydrogen-bond donors (Lipinski definition) is 0. The summed E-state index contributed by atoms with van der Waals surface area (Å²) in [5.41, 5.74) is 1.39. The van der Waals surface area contributed by atoms with Gasteiger partial charge in [0, 0.05) is 6.08 Å². The first-order valence-corrected chi connectivity index (χ1v) is 5.75. The quantitative estimate of drug-likeness (QED) is 0.467. The van der Waals surface area contributed by atoms with E-state index < -0.39 is 5.97 Å². The van der Waals surface area contributed by atoms with Crippen LogP contribution < -0.4 is 0 Å². The highest BCUT2D eigenvalue weighted by Crippen LogP contribution is 2.23. The smallest absolute Gasteiger partial charge is 0.330 e. The maximum Gasteiger partial charge on any atom is 0.330 e. The molecule has 1 aromatic rings. The van der Waals surface area contributed by atoms with E-state index in [4.69, 9.17) is 0 Å². The topological polar surface area (TPSA) is 63.7 Å². The molecular formula is C14H13NO4. The van der Waals surface area contributed by atoms with Crippen LogP contribution in [0.5, 0.6) is 0 Å². The second kappa shape index (κ2) is 5.06. The maximum absolute atomic E-state index is 12.1. The van der Waals surface area contributed by atoms with Gasteiger partial charge in [0.05, 0.1) is 24.8 Å². The highest BCUT2D eigenvalue weighted by Gasteiger charge is 2.34. The Labute approximate surface area is 110 Å². The molecule has 5 heteroatoms. The molecule has 0 saturated carbocycles. The lowest BCUT2D eigenvalue weighted by Gasteiger charge is -2.13. The second-order valence-corrected chi connectivity index (χ2v) is 4.26. The summed E-state index contributed by atoms with van der Waals surface area (Å²) in [4.78, 5) is 36.3. The van der Waals surface area contributed by atoms with Gasteiger partial charge in [0.1, 0.15) is 0 Å². The Bertz CT molecular complexity index is 554. The number of fused-ring (bicyclic) bond motifs is 1. The Morgan fingerprint density at radius 2 is 1.74 bits per heavy atom. The fourth-order valence-electron chi connectivity index (χ4n) is 1.94. The van der Waals surface area contributed by atoms with Crippen molar-refractivity contribution in [2.75, 3.05) is 13.7 Å². The molecule has 0 radical (unpaired) electrons. The molecule has 0 unspecified atom stereocenters. The molecule has 0 aliphatic carbocycles. The zero-order chi connectivity index (χ0) is 14.0. The van der Waals surface area contributed by atoms with Gasteiger partial charge in [-0.25, -0.2) is 4.79 Å². The van der Waals surface area contributed by atoms with Crippen LogP contribution in [0.25, 0.3) is 0 Å². The van der Waals surface area contributed by atoms with Crippen molar-refractivity contribution in [3.05, 3.63) is 47.0 Å². The number of amides is 2. The van der Waals surface area contributed by atoms with Gasteiger partial charge in [0.15, 0.2) is 0 Å². The minimum atomic E-state index is -0.505. The minimum Gasteiger partial charge on any atom is -0.466 e. The van der Waals surface area contributed by atoms with Crippen molar-refractivity contribution >= 4 is 17.8 Å². The molecule has 2 rings (SSSR count). The fourth-order valence-corrected chi connectivity index (χ4v) is 1.94. The molecule has 0 N–H and O–H groups in total. The maximum atomic E-state index is 12.1. The van der Waals surface area contributed by atoms with Crippen molar-refractivity contribution < 1.29 is 19.1 Å². The number of esters is 1. The predicted octanol–water partition coefficient (Wildman–Crippen LogP) is 1.40. The van der Waals surface area contributed by atoms with E-state index in [0.717, 1.165) is 4.90 Å². The van der Waals surface area contributed by atoms with Gasteiger partial charge in [-0.3, -0.25) is 14.5 Å². The number of imide groups is 1. The molecule has 1 aromatic carbocycles. The standard InChI is InChI=1S/C14H13NO4/c1-9(7-12(16)19-2)8-15-13(17)10-5-3-4-6-11(10)14(15)18/h3-7H,8H2,1-2H3. The third kappa shape index (κ3) is 2.40. The van der Waals surface area contributed by atoms with Crippen LogP contribution in [0, 0.1) is 0 Å². The predicted molar refractivity (Wildman–Crippen MR) is 67.6 cm³/mol. The van der Waals surface area contributed by atoms with Crippen LogP contribution in [0.1, 0.15) is 27.6 Å². The van der Waals surface area contributed by atoms with Gasteiger partial charge in [0.2, 0.25) is 0 Å². The van der Waals surface area contributed by atoms with Crippen LogP contribution >= 0.6 is 0 Å². The number of hydrogen-bond acceptors (Lipinski definition) is 4. The van der Waals surface area contributed by atoms with Crippen LogP contribution in [0.15, 0.2) is 35.9 Å². The Morgan fingerprint density at radius 3 is 2.21 bits per heavy atom. The summed E-state index contributed by atoms with van der Waals surface area (Å²) >= 11 is 0. The molecule has 2 amide bonds. The average molecular weight is 259 g/mol. The van der Waals surface area contributed by atoms with Crippen LogP contribution in [0.4, 0.5) is 0 Å². The molecule has 1 aliphatic heterocycles. The van der Waals surface area contributed by atoms with Crippen LogP contribution in [0.3, 0.4) is 0 Å². The van der Waals surface area contributed by atoms with Crippen LogP contribution in [-0.4, -0.2) is 36.3 Å². The first-order chi connectivity index (χ1) is 9.04. The van der Waals surface area contributed by atoms with Gasteiger partial charge >= 0.3 is 5.97 Å². The lowest BCUT2D eigenvalue weighted by atomic mass is 10.1. The van der Waals surface area contributed by atoms with E-state index in [1.165, 1.54) is 13.2 Å². The normalized spacial score (nSPS) is 14.6. The van der Waals surface area contributed by atoms with Crippen LogP contribution in [0.2, 0.25) is 0 Å². The number of nitrogens with zero attached hydrogens (tertiary/aromatic N) is 1. The zero-order valence-corrected chi connectivity index (χ0v) is 10.7. The Hall–Kier alpha value is -2.43. The second-order valence-electron chi connectivity index (χ2n) is 4.26. The molecule has 0 spiro atoms. The molecule has 5 nitrogen and oxygen atoms in total. The highest BCUT2D eigenvalue weighted by atomic mass is 16.5. The Kier molecular flexibility index (Phi) is 3.46. The van der Waals surface area contributed by atoms with Crippen LogP contribution in [-0.2, 0) is 9.53 Å². The van der Waals surface area contributed by atoms with Crippen molar-refractivity contribution in [3.8, 4) is 0 Å². The summed E-state index contributed by atoms with van der Waals surface area (Å²) in [6, 6.07) is 6.67. The molecule has 98 valence electrons. The molecule has 1 heterocycles. The monoisotopic (exact) mass is 259 g/mol. The van der Waals surface area contributed by atoms with Crippen molar-refractivity contribution in [2.45, 2.75) is 6.92 Å². The lowest BCUT2D eigenvalue weighted by molar-refractivity contribution is -0.134. The molecule has 0 atom stereocenters. The van der Waals surface area contributed by atoms with Gasteiger partial charge in [-0.2, -0.15) is 0 Å². The van der Waals surface area contributed by atoms with Gasteiger partial charge < -0.3 is 4.74 Å². The third-order valence-electron chi connectivity index (χ3n) is 2.85. The first-order valence-electron chi connectivity index (χ1n) is 5.75. The number of carbonyl (C=O) groups excluding carboxylic acids is 3. The number of rotatable bonds is 3. The SMILES string of the molecule is COC(=O)C=C(C)CN1C(=O)c2ccccc2C1=O. The minimum absolute atomic E-state index is 0.0848. The van der Waals surface area contributed by atoms with Gasteiger partial charge in [0.25, 0.3) is 11.8 Å². The van der Waals surface area contributed by atoms with Crippen molar-refractivity contribution in [1.82, 2.24) is 4.90 Å². The number of benzene rings is 1. The van der Waals surface area contributed by atoms with E-state index in [0.29, 0.717) is 16.7 Å². The zero-order valence-electron chi connectivity index (χ0n) is 10.7. The summed E-state index contributed by atoms with van der Waals surface area (Å²) in [5.74, 6) is -1.18. The van der Waals surface area contributed by atoms with E-state index in [9.17, 15) is 14.4 Å². The number of carbonyl (C=O) groups is 3. The van der Waals surface area contributed by atoms with Gasteiger partial charge in [-0.05, 0) is 24.6 Å². The van der Waals surface area contributed by atoms with E-state index >= 15 is 0 Å². The number of ether oxygens (including phenoxy) is 1. The molecule has 0 aromatic heterocycles. The number of methoxy groups -OCH3 is 1. The van der Waals surface area contributed by atoms with Crippen molar-refractivity contribution in [1.29, 1.82) is 0 Å². The summed E-state index contributed by atoms with van der Waals surface area (Å²) < 4.78 is 4.50. The summed E-state index contributed by atoms with van der Waals surface area (Å²) in [7, 11) is 1.27. The lowest BCUT2D eigenvalue weighted by Crippen LogP contribution is -2.31. The van der Waals surface area contributed by atoms with Gasteiger partial charge in [-0.15, -0.1) is 0 Å². The summed E-state index contributed by atoms with van der Waals surface area (Å²) in [6.07, 6.45) is 1.27. The molecule has 0 saturated heterocycles. The Balaban J connectivity index is 2.21. The molecule has 0 fully saturated rings. The largest absolute Gasteiger partial charge is 0.466 e. The summed E-state index contributed by atoms with van der Waals surface area (Å²) in [6.45, 7) is 1.75. The van der Waals surface area contributed by atoms with E-state index in [2.05, 4.69) is 4.74 Å². The summed E-state index contributed by atoms with van der Waals surface area (Å²) in [5, 5.41) is 0. The van der Waals surface area contributed by atoms with Crippen molar-refractivity contribution in [2.24, 2.45) is 0 Å². The van der Waals surface area contributed by atoms with E-state index in [-0.39, 0.29) is 18.4 Å². The highest BCUT2D eigenvalue weighted by molar-refractivity contribution is 6.21. The molecule has 0 bridgehead atoms. The fraction of sp³-hybridized carbons (Fsp3) is 0.214. The molecule has 1 aliphatic rings.